The third kappa shape index (κ3) is 45.8. The van der Waals surface area contributed by atoms with Gasteiger partial charge in [-0.15, -0.1) is 0 Å². The Kier molecular flexibility index (Phi) is 46.0. The molecule has 0 aliphatic carbocycles. The predicted molar refractivity (Wildman–Crippen MR) is 251 cm³/mol. The summed E-state index contributed by atoms with van der Waals surface area (Å²) >= 11 is 0. The fourth-order valence-corrected chi connectivity index (χ4v) is 6.62. The molecule has 58 heavy (non-hydrogen) atoms. The fourth-order valence-electron chi connectivity index (χ4n) is 6.62. The maximum Gasteiger partial charge on any atom is 0.306 e. The Morgan fingerprint density at radius 3 is 1.03 bits per heavy atom. The number of aliphatic hydroxyl groups is 1. The van der Waals surface area contributed by atoms with Gasteiger partial charge in [-0.05, 0) is 83.5 Å². The zero-order valence-corrected chi connectivity index (χ0v) is 37.8. The molecule has 5 heteroatoms. The van der Waals surface area contributed by atoms with Gasteiger partial charge in [0, 0.05) is 12.8 Å². The van der Waals surface area contributed by atoms with E-state index in [1.54, 1.807) is 0 Å². The Bertz CT molecular complexity index is 1090. The van der Waals surface area contributed by atoms with Crippen molar-refractivity contribution in [2.45, 2.75) is 225 Å². The molecule has 0 bridgehead atoms. The number of ether oxygens (including phenoxy) is 2. The summed E-state index contributed by atoms with van der Waals surface area (Å²) in [5.74, 6) is -0.611. The van der Waals surface area contributed by atoms with Crippen molar-refractivity contribution in [3.8, 4) is 0 Å². The quantitative estimate of drug-likeness (QED) is 0.0377. The fraction of sp³-hybridized carbons (Fsp3) is 0.698. The second kappa shape index (κ2) is 48.4. The normalized spacial score (nSPS) is 12.9. The lowest BCUT2D eigenvalue weighted by Crippen LogP contribution is -2.28. The van der Waals surface area contributed by atoms with Crippen molar-refractivity contribution in [1.29, 1.82) is 0 Å². The van der Waals surface area contributed by atoms with Gasteiger partial charge in [-0.3, -0.25) is 9.59 Å². The molecule has 5 nitrogen and oxygen atoms in total. The van der Waals surface area contributed by atoms with Gasteiger partial charge in [-0.25, -0.2) is 0 Å². The molecule has 0 amide bonds. The molecule has 332 valence electrons. The zero-order valence-electron chi connectivity index (χ0n) is 37.8. The molecule has 1 N–H and O–H groups in total. The summed E-state index contributed by atoms with van der Waals surface area (Å²) in [5.41, 5.74) is 0. The van der Waals surface area contributed by atoms with Crippen LogP contribution in [0.15, 0.2) is 85.1 Å². The van der Waals surface area contributed by atoms with E-state index < -0.39 is 6.10 Å². The highest BCUT2D eigenvalue weighted by Gasteiger charge is 2.16. The van der Waals surface area contributed by atoms with Gasteiger partial charge in [-0.1, -0.05) is 208 Å². The lowest BCUT2D eigenvalue weighted by Gasteiger charge is -2.15. The lowest BCUT2D eigenvalue weighted by molar-refractivity contribution is -0.161. The zero-order chi connectivity index (χ0) is 42.1. The molecule has 1 atom stereocenters. The molecule has 0 spiro atoms. The van der Waals surface area contributed by atoms with Crippen LogP contribution in [0, 0.1) is 0 Å². The molecule has 0 aromatic rings. The highest BCUT2D eigenvalue weighted by molar-refractivity contribution is 5.70. The second-order valence-electron chi connectivity index (χ2n) is 15.8. The number of hydrogen-bond acceptors (Lipinski definition) is 5. The Morgan fingerprint density at radius 1 is 0.397 bits per heavy atom. The standard InChI is InChI=1S/C53H90O5/c1-3-5-7-9-11-13-15-17-19-20-21-22-23-24-25-26-27-28-29-30-31-32-34-36-38-40-42-44-46-48-53(56)58-51(49-54)50-57-52(55)47-45-43-41-39-37-35-33-18-16-14-12-10-8-6-4-2/h5-8,11-14,17-19,21-22,33,51,54H,3-4,9-10,15-16,20,23-32,34-50H2,1-2H3/b7-5-,8-6-,13-11-,14-12-,19-17-,22-21-,33-18-. The van der Waals surface area contributed by atoms with E-state index in [1.807, 2.05) is 0 Å². The van der Waals surface area contributed by atoms with Crippen molar-refractivity contribution < 1.29 is 24.2 Å². The number of carbonyl (C=O) groups excluding carboxylic acids is 2. The van der Waals surface area contributed by atoms with Gasteiger partial charge in [0.2, 0.25) is 0 Å². The summed E-state index contributed by atoms with van der Waals surface area (Å²) in [6, 6.07) is 0. The molecule has 0 saturated heterocycles. The number of allylic oxidation sites excluding steroid dienone is 14. The van der Waals surface area contributed by atoms with Crippen LogP contribution < -0.4 is 0 Å². The van der Waals surface area contributed by atoms with Gasteiger partial charge in [0.25, 0.3) is 0 Å². The maximum atomic E-state index is 12.2. The van der Waals surface area contributed by atoms with Crippen molar-refractivity contribution in [1.82, 2.24) is 0 Å². The molecule has 0 aromatic carbocycles. The minimum Gasteiger partial charge on any atom is -0.462 e. The van der Waals surface area contributed by atoms with Crippen LogP contribution in [0.2, 0.25) is 0 Å². The Hall–Kier alpha value is -2.92. The van der Waals surface area contributed by atoms with Crippen LogP contribution in [0.3, 0.4) is 0 Å². The average Bonchev–Trinajstić information content (AvgIpc) is 3.23. The maximum absolute atomic E-state index is 12.2. The molecule has 0 radical (unpaired) electrons. The van der Waals surface area contributed by atoms with Crippen molar-refractivity contribution >= 4 is 11.9 Å². The number of unbranched alkanes of at least 4 members (excludes halogenated alkanes) is 21. The monoisotopic (exact) mass is 807 g/mol. The number of hydrogen-bond donors (Lipinski definition) is 1. The number of aliphatic hydroxyl groups excluding tert-OH is 1. The van der Waals surface area contributed by atoms with E-state index in [0.29, 0.717) is 12.8 Å². The molecule has 0 fully saturated rings. The SMILES string of the molecule is CC/C=C\C/C=C\C/C=C\C/C=C\CCCCCCCCCCCCCCCCCCC(=O)OC(CO)COC(=O)CCCCCCC/C=C\C/C=C\C/C=C\CC. The van der Waals surface area contributed by atoms with Crippen molar-refractivity contribution in [2.75, 3.05) is 13.2 Å². The number of esters is 2. The highest BCUT2D eigenvalue weighted by Crippen LogP contribution is 2.15. The van der Waals surface area contributed by atoms with Crippen molar-refractivity contribution in [3.05, 3.63) is 85.1 Å². The van der Waals surface area contributed by atoms with Gasteiger partial charge in [-0.2, -0.15) is 0 Å². The van der Waals surface area contributed by atoms with Crippen molar-refractivity contribution in [3.63, 3.8) is 0 Å². The first-order valence-corrected chi connectivity index (χ1v) is 24.1. The smallest absolute Gasteiger partial charge is 0.306 e. The third-order valence-corrected chi connectivity index (χ3v) is 10.2. The Balaban J connectivity index is 3.50. The summed E-state index contributed by atoms with van der Waals surface area (Å²) in [6.45, 7) is 3.90. The van der Waals surface area contributed by atoms with Gasteiger partial charge in [0.1, 0.15) is 6.61 Å². The van der Waals surface area contributed by atoms with E-state index in [0.717, 1.165) is 96.3 Å². The van der Waals surface area contributed by atoms with Gasteiger partial charge < -0.3 is 14.6 Å². The van der Waals surface area contributed by atoms with Crippen molar-refractivity contribution in [2.24, 2.45) is 0 Å². The molecular weight excluding hydrogens is 717 g/mol. The van der Waals surface area contributed by atoms with E-state index in [9.17, 15) is 14.7 Å². The first kappa shape index (κ1) is 55.1. The second-order valence-corrected chi connectivity index (χ2v) is 15.8. The van der Waals surface area contributed by atoms with Gasteiger partial charge in [0.15, 0.2) is 6.10 Å². The minimum absolute atomic E-state index is 0.0771. The number of carbonyl (C=O) groups is 2. The topological polar surface area (TPSA) is 72.8 Å². The first-order valence-electron chi connectivity index (χ1n) is 24.1. The minimum atomic E-state index is -0.782. The number of rotatable bonds is 43. The molecule has 1 unspecified atom stereocenters. The molecule has 0 saturated carbocycles. The summed E-state index contributed by atoms with van der Waals surface area (Å²) in [7, 11) is 0. The van der Waals surface area contributed by atoms with Gasteiger partial charge >= 0.3 is 11.9 Å². The van der Waals surface area contributed by atoms with E-state index >= 15 is 0 Å². The first-order chi connectivity index (χ1) is 28.6. The molecular formula is C53H90O5. The van der Waals surface area contributed by atoms with Crippen LogP contribution in [0.4, 0.5) is 0 Å². The molecule has 0 aliphatic rings. The third-order valence-electron chi connectivity index (χ3n) is 10.2. The molecule has 0 rings (SSSR count). The summed E-state index contributed by atoms with van der Waals surface area (Å²) in [4.78, 5) is 24.4. The van der Waals surface area contributed by atoms with Gasteiger partial charge in [0.05, 0.1) is 6.61 Å². The van der Waals surface area contributed by atoms with E-state index in [1.165, 1.54) is 96.3 Å². The highest BCUT2D eigenvalue weighted by atomic mass is 16.6. The van der Waals surface area contributed by atoms with Crippen LogP contribution in [-0.2, 0) is 19.1 Å². The van der Waals surface area contributed by atoms with E-state index in [-0.39, 0.29) is 25.2 Å². The predicted octanol–water partition coefficient (Wildman–Crippen LogP) is 15.9. The van der Waals surface area contributed by atoms with Crippen LogP contribution in [0.1, 0.15) is 219 Å². The van der Waals surface area contributed by atoms with Crippen LogP contribution in [0.5, 0.6) is 0 Å². The summed E-state index contributed by atoms with van der Waals surface area (Å²) in [5, 5.41) is 9.60. The largest absolute Gasteiger partial charge is 0.462 e. The average molecular weight is 807 g/mol. The van der Waals surface area contributed by atoms with E-state index in [4.69, 9.17) is 9.47 Å². The summed E-state index contributed by atoms with van der Waals surface area (Å²) in [6.07, 6.45) is 66.8. The summed E-state index contributed by atoms with van der Waals surface area (Å²) < 4.78 is 10.6. The molecule has 0 heterocycles. The van der Waals surface area contributed by atoms with E-state index in [2.05, 4.69) is 98.9 Å². The molecule has 0 aliphatic heterocycles. The molecule has 0 aromatic heterocycles. The lowest BCUT2D eigenvalue weighted by atomic mass is 10.0. The van der Waals surface area contributed by atoms with Crippen LogP contribution >= 0.6 is 0 Å². The Morgan fingerprint density at radius 2 is 0.690 bits per heavy atom. The van der Waals surface area contributed by atoms with Crippen LogP contribution in [0.25, 0.3) is 0 Å². The van der Waals surface area contributed by atoms with Crippen LogP contribution in [-0.4, -0.2) is 36.4 Å². The Labute approximate surface area is 358 Å².